The second-order valence-corrected chi connectivity index (χ2v) is 17.6. The maximum atomic E-state index is 6.34. The highest BCUT2D eigenvalue weighted by molar-refractivity contribution is 6.77. The topological polar surface area (TPSA) is 27.7 Å². The van der Waals surface area contributed by atoms with Crippen LogP contribution in [-0.4, -0.2) is 35.9 Å². The van der Waals surface area contributed by atoms with Crippen molar-refractivity contribution < 1.29 is 12.3 Å². The molecule has 1 atom stereocenters. The van der Waals surface area contributed by atoms with Gasteiger partial charge in [-0.25, -0.2) is 0 Å². The summed E-state index contributed by atoms with van der Waals surface area (Å²) in [4.78, 5) is 0. The van der Waals surface area contributed by atoms with Crippen LogP contribution in [0.1, 0.15) is 25.7 Å². The molecule has 121 valence electrons. The minimum Gasteiger partial charge on any atom is -0.436 e. The van der Waals surface area contributed by atoms with Crippen molar-refractivity contribution >= 4 is 35.9 Å². The van der Waals surface area contributed by atoms with E-state index < -0.39 is 35.9 Å². The maximum absolute atomic E-state index is 6.34. The molecule has 3 nitrogen and oxygen atoms in total. The van der Waals surface area contributed by atoms with Crippen LogP contribution >= 0.6 is 0 Å². The van der Waals surface area contributed by atoms with Gasteiger partial charge in [0.25, 0.3) is 0 Å². The molecule has 21 heavy (non-hydrogen) atoms. The highest BCUT2D eigenvalue weighted by atomic mass is 28.4. The second kappa shape index (κ2) is 9.59. The summed E-state index contributed by atoms with van der Waals surface area (Å²) in [5.74, 6) is 0.828. The monoisotopic (exact) mass is 359 g/mol. The molecule has 0 saturated carbocycles. The van der Waals surface area contributed by atoms with E-state index >= 15 is 0 Å². The van der Waals surface area contributed by atoms with E-state index in [-0.39, 0.29) is 0 Å². The van der Waals surface area contributed by atoms with Crippen LogP contribution in [0.3, 0.4) is 0 Å². The molecule has 0 fully saturated rings. The van der Waals surface area contributed by atoms with Crippen molar-refractivity contribution in [3.05, 3.63) is 12.2 Å². The molecule has 1 unspecified atom stereocenters. The van der Waals surface area contributed by atoms with Crippen LogP contribution in [-0.2, 0) is 12.3 Å². The zero-order chi connectivity index (χ0) is 15.9. The van der Waals surface area contributed by atoms with Gasteiger partial charge in [0, 0.05) is 0 Å². The van der Waals surface area contributed by atoms with Crippen molar-refractivity contribution in [3.63, 3.8) is 0 Å². The van der Waals surface area contributed by atoms with Crippen LogP contribution in [0.2, 0.25) is 45.3 Å². The standard InChI is InChI=1S/C14H31O3Si4/c1-18(2)15-19(3)16-20(17-21(4,5)6)13-12-14-10-8-7-9-11-14/h7-8,14H,9-13H2,1-6H3. The lowest BCUT2D eigenvalue weighted by molar-refractivity contribution is 0.361. The predicted octanol–water partition coefficient (Wildman–Crippen LogP) is 4.47. The predicted molar refractivity (Wildman–Crippen MR) is 97.4 cm³/mol. The Hall–Kier alpha value is 0.488. The van der Waals surface area contributed by atoms with Crippen molar-refractivity contribution in [1.29, 1.82) is 0 Å². The third-order valence-electron chi connectivity index (χ3n) is 3.16. The minimum absolute atomic E-state index is 0.673. The summed E-state index contributed by atoms with van der Waals surface area (Å²) in [6.45, 7) is 13.2. The Balaban J connectivity index is 2.45. The van der Waals surface area contributed by atoms with Crippen LogP contribution in [0.4, 0.5) is 0 Å². The highest BCUT2D eigenvalue weighted by Crippen LogP contribution is 2.25. The van der Waals surface area contributed by atoms with Crippen molar-refractivity contribution in [1.82, 2.24) is 0 Å². The number of hydrogen-bond acceptors (Lipinski definition) is 3. The Morgan fingerprint density at radius 2 is 1.81 bits per heavy atom. The van der Waals surface area contributed by atoms with E-state index in [1.165, 1.54) is 25.7 Å². The molecule has 0 aliphatic heterocycles. The molecule has 0 saturated heterocycles. The summed E-state index contributed by atoms with van der Waals surface area (Å²) in [5, 5.41) is 0. The zero-order valence-electron chi connectivity index (χ0n) is 14.5. The van der Waals surface area contributed by atoms with Crippen molar-refractivity contribution in [2.45, 2.75) is 71.0 Å². The van der Waals surface area contributed by atoms with E-state index in [4.69, 9.17) is 12.3 Å². The van der Waals surface area contributed by atoms with Crippen LogP contribution < -0.4 is 0 Å². The van der Waals surface area contributed by atoms with Gasteiger partial charge in [-0.3, -0.25) is 0 Å². The molecule has 0 amide bonds. The molecule has 1 aliphatic carbocycles. The van der Waals surface area contributed by atoms with Crippen LogP contribution in [0.15, 0.2) is 12.2 Å². The normalized spacial score (nSPS) is 20.0. The second-order valence-electron chi connectivity index (χ2n) is 6.88. The van der Waals surface area contributed by atoms with Crippen molar-refractivity contribution in [2.75, 3.05) is 0 Å². The smallest absolute Gasteiger partial charge is 0.364 e. The fourth-order valence-electron chi connectivity index (χ4n) is 2.37. The van der Waals surface area contributed by atoms with Gasteiger partial charge in [-0.2, -0.15) is 0 Å². The maximum Gasteiger partial charge on any atom is 0.364 e. The molecule has 7 heteroatoms. The van der Waals surface area contributed by atoms with Gasteiger partial charge in [-0.15, -0.1) is 0 Å². The van der Waals surface area contributed by atoms with Gasteiger partial charge in [0.15, 0.2) is 17.4 Å². The molecule has 3 radical (unpaired) electrons. The van der Waals surface area contributed by atoms with Gasteiger partial charge in [0.1, 0.15) is 0 Å². The van der Waals surface area contributed by atoms with Gasteiger partial charge in [-0.1, -0.05) is 12.2 Å². The largest absolute Gasteiger partial charge is 0.436 e. The van der Waals surface area contributed by atoms with Crippen LogP contribution in [0.25, 0.3) is 0 Å². The lowest BCUT2D eigenvalue weighted by Gasteiger charge is -2.28. The first kappa shape index (κ1) is 19.5. The van der Waals surface area contributed by atoms with Crippen molar-refractivity contribution in [3.8, 4) is 0 Å². The summed E-state index contributed by atoms with van der Waals surface area (Å²) < 4.78 is 18.5. The van der Waals surface area contributed by atoms with E-state index in [1.54, 1.807) is 0 Å². The summed E-state index contributed by atoms with van der Waals surface area (Å²) in [6.07, 6.45) is 9.70. The fraction of sp³-hybridized carbons (Fsp3) is 0.857. The van der Waals surface area contributed by atoms with E-state index in [1.807, 2.05) is 0 Å². The van der Waals surface area contributed by atoms with Crippen LogP contribution in [0, 0.1) is 5.92 Å². The SMILES string of the molecule is C[Si](C)O[Si](C)O[Si](CCC1CC=CCC1)O[Si](C)(C)C. The van der Waals surface area contributed by atoms with E-state index in [0.29, 0.717) is 0 Å². The third-order valence-corrected chi connectivity index (χ3v) is 12.1. The first-order valence-electron chi connectivity index (χ1n) is 7.95. The fourth-order valence-corrected chi connectivity index (χ4v) is 11.2. The summed E-state index contributed by atoms with van der Waals surface area (Å²) in [6, 6.07) is 1.11. The molecule has 0 heterocycles. The highest BCUT2D eigenvalue weighted by Gasteiger charge is 2.29. The van der Waals surface area contributed by atoms with Gasteiger partial charge in [0.2, 0.25) is 0 Å². The molecule has 0 aromatic carbocycles. The first-order valence-corrected chi connectivity index (χ1v) is 17.1. The molecular weight excluding hydrogens is 328 g/mol. The lowest BCUT2D eigenvalue weighted by atomic mass is 9.92. The van der Waals surface area contributed by atoms with Crippen LogP contribution in [0.5, 0.6) is 0 Å². The Morgan fingerprint density at radius 1 is 1.10 bits per heavy atom. The summed E-state index contributed by atoms with van der Waals surface area (Å²) in [5.41, 5.74) is 0. The average molecular weight is 360 g/mol. The first-order chi connectivity index (χ1) is 9.76. The lowest BCUT2D eigenvalue weighted by Crippen LogP contribution is -2.41. The number of allylic oxidation sites excluding steroid dienone is 2. The summed E-state index contributed by atoms with van der Waals surface area (Å²) >= 11 is 0. The van der Waals surface area contributed by atoms with E-state index in [9.17, 15) is 0 Å². The van der Waals surface area contributed by atoms with E-state index in [2.05, 4.69) is 51.4 Å². The molecule has 0 N–H and O–H groups in total. The van der Waals surface area contributed by atoms with Gasteiger partial charge < -0.3 is 12.3 Å². The Labute approximate surface area is 137 Å². The summed E-state index contributed by atoms with van der Waals surface area (Å²) in [7, 11) is -4.52. The molecular formula is C14H31O3Si4. The number of hydrogen-bond donors (Lipinski definition) is 0. The Morgan fingerprint density at radius 3 is 2.33 bits per heavy atom. The molecule has 0 spiro atoms. The quantitative estimate of drug-likeness (QED) is 0.449. The molecule has 1 aliphatic rings. The average Bonchev–Trinajstić information content (AvgIpc) is 2.34. The minimum atomic E-state index is -1.54. The molecule has 1 rings (SSSR count). The number of rotatable bonds is 9. The molecule has 0 aromatic heterocycles. The van der Waals surface area contributed by atoms with E-state index in [0.717, 1.165) is 12.0 Å². The van der Waals surface area contributed by atoms with Gasteiger partial charge >= 0.3 is 18.6 Å². The molecule has 0 aromatic rings. The zero-order valence-corrected chi connectivity index (χ0v) is 18.5. The van der Waals surface area contributed by atoms with Gasteiger partial charge in [-0.05, 0) is 76.9 Å². The Kier molecular flexibility index (Phi) is 8.92. The van der Waals surface area contributed by atoms with Gasteiger partial charge in [0.05, 0.1) is 0 Å². The third kappa shape index (κ3) is 9.98. The molecule has 0 bridgehead atoms. The Bertz CT molecular complexity index is 318. The van der Waals surface area contributed by atoms with Crippen molar-refractivity contribution in [2.24, 2.45) is 5.92 Å².